The lowest BCUT2D eigenvalue weighted by atomic mass is 10.2. The van der Waals surface area contributed by atoms with Gasteiger partial charge in [0.2, 0.25) is 0 Å². The molecule has 0 saturated carbocycles. The van der Waals surface area contributed by atoms with Crippen LogP contribution in [0, 0.1) is 0 Å². The van der Waals surface area contributed by atoms with E-state index in [4.69, 9.17) is 16.3 Å². The van der Waals surface area contributed by atoms with Gasteiger partial charge in [-0.1, -0.05) is 18.5 Å². The van der Waals surface area contributed by atoms with Crippen LogP contribution in [0.15, 0.2) is 29.8 Å². The zero-order valence-electron chi connectivity index (χ0n) is 11.0. The number of rotatable bonds is 6. The van der Waals surface area contributed by atoms with Gasteiger partial charge in [0.15, 0.2) is 0 Å². The zero-order chi connectivity index (χ0) is 13.7. The molecule has 1 aromatic carbocycles. The molecule has 1 N–H and O–H groups in total. The summed E-state index contributed by atoms with van der Waals surface area (Å²) in [7, 11) is 0. The molecule has 19 heavy (non-hydrogen) atoms. The second-order valence-corrected chi connectivity index (χ2v) is 5.59. The number of halogens is 1. The van der Waals surface area contributed by atoms with Crippen molar-refractivity contribution in [2.45, 2.75) is 26.3 Å². The Balaban J connectivity index is 2.15. The summed E-state index contributed by atoms with van der Waals surface area (Å²) in [5.74, 6) is 0.828. The molecule has 0 radical (unpaired) electrons. The van der Waals surface area contributed by atoms with Crippen LogP contribution in [-0.2, 0) is 0 Å². The third-order valence-corrected chi connectivity index (χ3v) is 3.79. The molecule has 1 atom stereocenters. The highest BCUT2D eigenvalue weighted by Crippen LogP contribution is 2.31. The number of ether oxygens (including phenoxy) is 1. The highest BCUT2D eigenvalue weighted by molar-refractivity contribution is 7.09. The van der Waals surface area contributed by atoms with Gasteiger partial charge in [0.05, 0.1) is 18.3 Å². The summed E-state index contributed by atoms with van der Waals surface area (Å²) in [4.78, 5) is 4.31. The second kappa shape index (κ2) is 6.78. The first-order chi connectivity index (χ1) is 9.20. The Morgan fingerprint density at radius 2 is 2.32 bits per heavy atom. The molecule has 0 amide bonds. The Kier molecular flexibility index (Phi) is 5.05. The summed E-state index contributed by atoms with van der Waals surface area (Å²) in [5.41, 5.74) is 0.906. The molecule has 0 aliphatic heterocycles. The molecule has 102 valence electrons. The molecule has 0 saturated heterocycles. The van der Waals surface area contributed by atoms with Gasteiger partial charge in [0.25, 0.3) is 0 Å². The molecule has 1 unspecified atom stereocenters. The fourth-order valence-electron chi connectivity index (χ4n) is 1.70. The fourth-order valence-corrected chi connectivity index (χ4v) is 2.51. The van der Waals surface area contributed by atoms with Crippen molar-refractivity contribution in [2.24, 2.45) is 0 Å². The number of aromatic nitrogens is 1. The first-order valence-corrected chi connectivity index (χ1v) is 7.54. The lowest BCUT2D eigenvalue weighted by Crippen LogP contribution is -2.08. The average Bonchev–Trinajstić information content (AvgIpc) is 2.92. The van der Waals surface area contributed by atoms with E-state index in [1.807, 2.05) is 29.8 Å². The largest absolute Gasteiger partial charge is 0.491 e. The summed E-state index contributed by atoms with van der Waals surface area (Å²) in [6.07, 6.45) is 2.79. The minimum atomic E-state index is 0.127. The fraction of sp³-hybridized carbons (Fsp3) is 0.357. The number of hydrogen-bond acceptors (Lipinski definition) is 4. The van der Waals surface area contributed by atoms with Crippen LogP contribution < -0.4 is 10.1 Å². The zero-order valence-corrected chi connectivity index (χ0v) is 12.6. The minimum absolute atomic E-state index is 0.127. The van der Waals surface area contributed by atoms with Crippen molar-refractivity contribution in [3.63, 3.8) is 0 Å². The van der Waals surface area contributed by atoms with Gasteiger partial charge >= 0.3 is 0 Å². The molecule has 5 heteroatoms. The number of nitrogens with zero attached hydrogens (tertiary/aromatic N) is 1. The average molecular weight is 297 g/mol. The van der Waals surface area contributed by atoms with E-state index in [9.17, 15) is 0 Å². The molecule has 2 rings (SSSR count). The van der Waals surface area contributed by atoms with Gasteiger partial charge < -0.3 is 10.1 Å². The Morgan fingerprint density at radius 3 is 3.00 bits per heavy atom. The van der Waals surface area contributed by atoms with Gasteiger partial charge in [-0.3, -0.25) is 0 Å². The Labute approximate surface area is 122 Å². The summed E-state index contributed by atoms with van der Waals surface area (Å²) in [5, 5.41) is 7.11. The van der Waals surface area contributed by atoms with Gasteiger partial charge in [-0.25, -0.2) is 4.98 Å². The van der Waals surface area contributed by atoms with Crippen LogP contribution in [0.4, 0.5) is 5.69 Å². The molecule has 0 spiro atoms. The number of nitrogens with one attached hydrogen (secondary N) is 1. The third-order valence-electron chi connectivity index (χ3n) is 2.60. The van der Waals surface area contributed by atoms with Gasteiger partial charge in [0, 0.05) is 16.6 Å². The Morgan fingerprint density at radius 1 is 1.47 bits per heavy atom. The molecule has 0 bridgehead atoms. The van der Waals surface area contributed by atoms with Crippen molar-refractivity contribution < 1.29 is 4.74 Å². The number of hydrogen-bond donors (Lipinski definition) is 1. The van der Waals surface area contributed by atoms with Gasteiger partial charge in [-0.05, 0) is 31.5 Å². The van der Waals surface area contributed by atoms with E-state index in [1.165, 1.54) is 0 Å². The molecule has 3 nitrogen and oxygen atoms in total. The smallest absolute Gasteiger partial charge is 0.142 e. The molecule has 1 heterocycles. The minimum Gasteiger partial charge on any atom is -0.491 e. The first-order valence-electron chi connectivity index (χ1n) is 6.29. The maximum atomic E-state index is 6.05. The van der Waals surface area contributed by atoms with E-state index < -0.39 is 0 Å². The van der Waals surface area contributed by atoms with Crippen LogP contribution >= 0.6 is 22.9 Å². The summed E-state index contributed by atoms with van der Waals surface area (Å²) in [6, 6.07) is 5.75. The molecule has 1 aromatic heterocycles. The Bertz CT molecular complexity index is 516. The van der Waals surface area contributed by atoms with E-state index >= 15 is 0 Å². The third kappa shape index (κ3) is 3.85. The van der Waals surface area contributed by atoms with Crippen LogP contribution in [0.2, 0.25) is 5.02 Å². The summed E-state index contributed by atoms with van der Waals surface area (Å²) in [6.45, 7) is 4.85. The molecule has 0 aliphatic carbocycles. The van der Waals surface area contributed by atoms with Crippen molar-refractivity contribution in [1.82, 2.24) is 4.98 Å². The molecule has 0 fully saturated rings. The van der Waals surface area contributed by atoms with Gasteiger partial charge in [-0.2, -0.15) is 0 Å². The van der Waals surface area contributed by atoms with Crippen molar-refractivity contribution in [3.8, 4) is 5.75 Å². The molecule has 0 aliphatic rings. The van der Waals surface area contributed by atoms with E-state index in [0.717, 1.165) is 22.9 Å². The van der Waals surface area contributed by atoms with Crippen LogP contribution in [0.3, 0.4) is 0 Å². The predicted octanol–water partition coefficient (Wildman–Crippen LogP) is 4.76. The monoisotopic (exact) mass is 296 g/mol. The SMILES string of the molecule is CCCOc1ccc(Cl)cc1NC(C)c1nccs1. The summed E-state index contributed by atoms with van der Waals surface area (Å²) < 4.78 is 5.72. The van der Waals surface area contributed by atoms with Crippen molar-refractivity contribution in [1.29, 1.82) is 0 Å². The molecule has 2 aromatic rings. The standard InChI is InChI=1S/C14H17ClN2OS/c1-3-7-18-13-5-4-11(15)9-12(13)17-10(2)14-16-6-8-19-14/h4-6,8-10,17H,3,7H2,1-2H3. The van der Waals surface area contributed by atoms with Crippen LogP contribution in [0.5, 0.6) is 5.75 Å². The van der Waals surface area contributed by atoms with Crippen LogP contribution in [0.25, 0.3) is 0 Å². The number of anilines is 1. The van der Waals surface area contributed by atoms with Crippen molar-refractivity contribution in [3.05, 3.63) is 39.8 Å². The molecular formula is C14H17ClN2OS. The summed E-state index contributed by atoms with van der Waals surface area (Å²) >= 11 is 7.68. The Hall–Kier alpha value is -1.26. The van der Waals surface area contributed by atoms with E-state index in [2.05, 4.69) is 24.1 Å². The van der Waals surface area contributed by atoms with Crippen molar-refractivity contribution >= 4 is 28.6 Å². The number of benzene rings is 1. The van der Waals surface area contributed by atoms with Gasteiger partial charge in [0.1, 0.15) is 10.8 Å². The van der Waals surface area contributed by atoms with Gasteiger partial charge in [-0.15, -0.1) is 11.3 Å². The quantitative estimate of drug-likeness (QED) is 0.834. The number of thiazole rings is 1. The lowest BCUT2D eigenvalue weighted by molar-refractivity contribution is 0.318. The highest BCUT2D eigenvalue weighted by atomic mass is 35.5. The second-order valence-electron chi connectivity index (χ2n) is 4.23. The van der Waals surface area contributed by atoms with E-state index in [-0.39, 0.29) is 6.04 Å². The van der Waals surface area contributed by atoms with Crippen LogP contribution in [0.1, 0.15) is 31.3 Å². The normalized spacial score (nSPS) is 12.2. The maximum Gasteiger partial charge on any atom is 0.142 e. The maximum absolute atomic E-state index is 6.05. The lowest BCUT2D eigenvalue weighted by Gasteiger charge is -2.17. The van der Waals surface area contributed by atoms with Crippen LogP contribution in [-0.4, -0.2) is 11.6 Å². The van der Waals surface area contributed by atoms with E-state index in [1.54, 1.807) is 11.3 Å². The molecular weight excluding hydrogens is 280 g/mol. The van der Waals surface area contributed by atoms with Crippen molar-refractivity contribution in [2.75, 3.05) is 11.9 Å². The first kappa shape index (κ1) is 14.2. The highest BCUT2D eigenvalue weighted by Gasteiger charge is 2.11. The van der Waals surface area contributed by atoms with E-state index in [0.29, 0.717) is 11.6 Å². The predicted molar refractivity (Wildman–Crippen MR) is 81.4 cm³/mol. The topological polar surface area (TPSA) is 34.1 Å².